The largest absolute Gasteiger partial charge is 0.355 e. The predicted molar refractivity (Wildman–Crippen MR) is 81.0 cm³/mol. The van der Waals surface area contributed by atoms with E-state index in [0.29, 0.717) is 5.41 Å². The summed E-state index contributed by atoms with van der Waals surface area (Å²) in [6.07, 6.45) is 9.82. The van der Waals surface area contributed by atoms with E-state index in [-0.39, 0.29) is 11.8 Å². The van der Waals surface area contributed by atoms with E-state index in [0.717, 1.165) is 24.7 Å². The standard InChI is InChI=1S/C15H28BrNO/c1-3-4-8-13(2)14(18)17-12-15(11-16)9-6-5-7-10-15/h13H,3-12H2,1-2H3,(H,17,18). The number of amides is 1. The molecule has 3 heteroatoms. The van der Waals surface area contributed by atoms with Crippen molar-refractivity contribution < 1.29 is 4.79 Å². The van der Waals surface area contributed by atoms with Crippen LogP contribution in [-0.2, 0) is 4.79 Å². The van der Waals surface area contributed by atoms with Gasteiger partial charge in [-0.1, -0.05) is 61.9 Å². The van der Waals surface area contributed by atoms with Gasteiger partial charge in [0, 0.05) is 17.8 Å². The van der Waals surface area contributed by atoms with Gasteiger partial charge in [0.15, 0.2) is 0 Å². The Labute approximate surface area is 120 Å². The lowest BCUT2D eigenvalue weighted by Gasteiger charge is -2.36. The molecule has 0 aromatic carbocycles. The lowest BCUT2D eigenvalue weighted by atomic mass is 9.75. The highest BCUT2D eigenvalue weighted by atomic mass is 79.9. The number of carbonyl (C=O) groups is 1. The third-order valence-electron chi connectivity index (χ3n) is 4.27. The van der Waals surface area contributed by atoms with Crippen molar-refractivity contribution in [1.29, 1.82) is 0 Å². The molecular formula is C15H28BrNO. The molecule has 0 aliphatic heterocycles. The van der Waals surface area contributed by atoms with Crippen LogP contribution in [0.1, 0.15) is 65.2 Å². The Kier molecular flexibility index (Phi) is 7.28. The summed E-state index contributed by atoms with van der Waals surface area (Å²) in [5.74, 6) is 0.412. The summed E-state index contributed by atoms with van der Waals surface area (Å²) >= 11 is 3.65. The highest BCUT2D eigenvalue weighted by molar-refractivity contribution is 9.09. The quantitative estimate of drug-likeness (QED) is 0.698. The molecule has 1 N–H and O–H groups in total. The van der Waals surface area contributed by atoms with Crippen molar-refractivity contribution in [2.24, 2.45) is 11.3 Å². The molecule has 18 heavy (non-hydrogen) atoms. The normalized spacial score (nSPS) is 20.4. The van der Waals surface area contributed by atoms with Gasteiger partial charge in [-0.15, -0.1) is 0 Å². The van der Waals surface area contributed by atoms with Crippen LogP contribution < -0.4 is 5.32 Å². The average Bonchev–Trinajstić information content (AvgIpc) is 2.43. The van der Waals surface area contributed by atoms with E-state index >= 15 is 0 Å². The third-order valence-corrected chi connectivity index (χ3v) is 5.46. The van der Waals surface area contributed by atoms with Gasteiger partial charge in [-0.05, 0) is 24.7 Å². The fraction of sp³-hybridized carbons (Fsp3) is 0.933. The van der Waals surface area contributed by atoms with Crippen LogP contribution in [0, 0.1) is 11.3 Å². The van der Waals surface area contributed by atoms with Gasteiger partial charge >= 0.3 is 0 Å². The minimum absolute atomic E-state index is 0.168. The molecule has 1 amide bonds. The van der Waals surface area contributed by atoms with Crippen molar-refractivity contribution in [3.8, 4) is 0 Å². The summed E-state index contributed by atoms with van der Waals surface area (Å²) in [4.78, 5) is 12.0. The zero-order chi connectivity index (χ0) is 13.4. The van der Waals surface area contributed by atoms with E-state index in [1.165, 1.54) is 38.5 Å². The maximum absolute atomic E-state index is 12.0. The zero-order valence-corrected chi connectivity index (χ0v) is 13.5. The van der Waals surface area contributed by atoms with Crippen molar-refractivity contribution in [1.82, 2.24) is 5.32 Å². The molecule has 0 bridgehead atoms. The fourth-order valence-electron chi connectivity index (χ4n) is 2.75. The smallest absolute Gasteiger partial charge is 0.222 e. The van der Waals surface area contributed by atoms with Gasteiger partial charge < -0.3 is 5.32 Å². The molecule has 1 aliphatic carbocycles. The molecule has 0 aromatic rings. The second-order valence-electron chi connectivity index (χ2n) is 5.96. The summed E-state index contributed by atoms with van der Waals surface area (Å²) < 4.78 is 0. The van der Waals surface area contributed by atoms with Crippen molar-refractivity contribution in [3.63, 3.8) is 0 Å². The molecule has 0 radical (unpaired) electrons. The molecular weight excluding hydrogens is 290 g/mol. The first-order chi connectivity index (χ1) is 8.63. The van der Waals surface area contributed by atoms with Crippen molar-refractivity contribution in [2.75, 3.05) is 11.9 Å². The monoisotopic (exact) mass is 317 g/mol. The van der Waals surface area contributed by atoms with E-state index in [1.807, 2.05) is 6.92 Å². The zero-order valence-electron chi connectivity index (χ0n) is 11.9. The highest BCUT2D eigenvalue weighted by Crippen LogP contribution is 2.37. The number of halogens is 1. The van der Waals surface area contributed by atoms with E-state index in [9.17, 15) is 4.79 Å². The SMILES string of the molecule is CCCCC(C)C(=O)NCC1(CBr)CCCCC1. The van der Waals surface area contributed by atoms with Crippen LogP contribution in [0.4, 0.5) is 0 Å². The highest BCUT2D eigenvalue weighted by Gasteiger charge is 2.31. The second-order valence-corrected chi connectivity index (χ2v) is 6.52. The van der Waals surface area contributed by atoms with Gasteiger partial charge in [0.1, 0.15) is 0 Å². The topological polar surface area (TPSA) is 29.1 Å². The fourth-order valence-corrected chi connectivity index (χ4v) is 3.51. The minimum atomic E-state index is 0.168. The summed E-state index contributed by atoms with van der Waals surface area (Å²) in [7, 11) is 0. The van der Waals surface area contributed by atoms with E-state index in [2.05, 4.69) is 28.2 Å². The molecule has 0 aromatic heterocycles. The van der Waals surface area contributed by atoms with Gasteiger partial charge in [-0.25, -0.2) is 0 Å². The number of unbranched alkanes of at least 4 members (excludes halogenated alkanes) is 1. The molecule has 1 fully saturated rings. The first-order valence-corrected chi connectivity index (χ1v) is 8.59. The number of hydrogen-bond acceptors (Lipinski definition) is 1. The number of rotatable bonds is 7. The lowest BCUT2D eigenvalue weighted by molar-refractivity contribution is -0.125. The second kappa shape index (κ2) is 8.19. The molecule has 0 spiro atoms. The van der Waals surface area contributed by atoms with Crippen LogP contribution in [0.5, 0.6) is 0 Å². The molecule has 0 heterocycles. The van der Waals surface area contributed by atoms with Crippen LogP contribution in [-0.4, -0.2) is 17.8 Å². The van der Waals surface area contributed by atoms with E-state index in [4.69, 9.17) is 0 Å². The molecule has 2 nitrogen and oxygen atoms in total. The van der Waals surface area contributed by atoms with Crippen molar-refractivity contribution in [3.05, 3.63) is 0 Å². The number of carbonyl (C=O) groups excluding carboxylic acids is 1. The van der Waals surface area contributed by atoms with Crippen molar-refractivity contribution in [2.45, 2.75) is 65.2 Å². The maximum Gasteiger partial charge on any atom is 0.222 e. The van der Waals surface area contributed by atoms with Crippen LogP contribution in [0.2, 0.25) is 0 Å². The Hall–Kier alpha value is -0.0500. The average molecular weight is 318 g/mol. The molecule has 1 aliphatic rings. The van der Waals surface area contributed by atoms with Gasteiger partial charge in [-0.3, -0.25) is 4.79 Å². The van der Waals surface area contributed by atoms with Gasteiger partial charge in [-0.2, -0.15) is 0 Å². The Morgan fingerprint density at radius 1 is 1.33 bits per heavy atom. The molecule has 1 saturated carbocycles. The van der Waals surface area contributed by atoms with Crippen LogP contribution in [0.15, 0.2) is 0 Å². The maximum atomic E-state index is 12.0. The molecule has 0 saturated heterocycles. The third kappa shape index (κ3) is 4.91. The summed E-state index contributed by atoms with van der Waals surface area (Å²) in [5.41, 5.74) is 0.318. The van der Waals surface area contributed by atoms with E-state index in [1.54, 1.807) is 0 Å². The molecule has 1 atom stereocenters. The minimum Gasteiger partial charge on any atom is -0.355 e. The molecule has 106 valence electrons. The Balaban J connectivity index is 2.35. The molecule has 1 rings (SSSR count). The van der Waals surface area contributed by atoms with Gasteiger partial charge in [0.25, 0.3) is 0 Å². The Morgan fingerprint density at radius 3 is 2.56 bits per heavy atom. The first kappa shape index (κ1) is 16.0. The molecule has 1 unspecified atom stereocenters. The Bertz CT molecular complexity index is 249. The predicted octanol–water partition coefficient (Wildman–Crippen LogP) is 4.27. The van der Waals surface area contributed by atoms with Crippen LogP contribution >= 0.6 is 15.9 Å². The lowest BCUT2D eigenvalue weighted by Crippen LogP contribution is -2.41. The Morgan fingerprint density at radius 2 is 2.00 bits per heavy atom. The number of nitrogens with one attached hydrogen (secondary N) is 1. The summed E-state index contributed by atoms with van der Waals surface area (Å²) in [6, 6.07) is 0. The van der Waals surface area contributed by atoms with E-state index < -0.39 is 0 Å². The first-order valence-electron chi connectivity index (χ1n) is 7.47. The number of hydrogen-bond donors (Lipinski definition) is 1. The summed E-state index contributed by atoms with van der Waals surface area (Å²) in [6.45, 7) is 5.08. The van der Waals surface area contributed by atoms with Crippen molar-refractivity contribution >= 4 is 21.8 Å². The summed E-state index contributed by atoms with van der Waals surface area (Å²) in [5, 5.41) is 4.20. The van der Waals surface area contributed by atoms with Crippen LogP contribution in [0.25, 0.3) is 0 Å². The number of alkyl halides is 1. The van der Waals surface area contributed by atoms with Gasteiger partial charge in [0.2, 0.25) is 5.91 Å². The van der Waals surface area contributed by atoms with Gasteiger partial charge in [0.05, 0.1) is 0 Å². The van der Waals surface area contributed by atoms with Crippen LogP contribution in [0.3, 0.4) is 0 Å².